The number of benzene rings is 2. The molecule has 0 amide bonds. The summed E-state index contributed by atoms with van der Waals surface area (Å²) in [6.45, 7) is 3.91. The molecular formula is C24H30N4O3S. The summed E-state index contributed by atoms with van der Waals surface area (Å²) in [6, 6.07) is 15.1. The monoisotopic (exact) mass is 454 g/mol. The van der Waals surface area contributed by atoms with Crippen molar-refractivity contribution in [2.75, 3.05) is 13.2 Å². The first-order valence-corrected chi connectivity index (χ1v) is 11.6. The molecule has 0 spiro atoms. The van der Waals surface area contributed by atoms with Crippen LogP contribution in [0.2, 0.25) is 0 Å². The lowest BCUT2D eigenvalue weighted by Crippen LogP contribution is -2.18. The van der Waals surface area contributed by atoms with Gasteiger partial charge in [0.2, 0.25) is 0 Å². The van der Waals surface area contributed by atoms with Crippen LogP contribution in [0, 0.1) is 5.41 Å². The number of nitrogens with two attached hydrogens (primary N) is 1. The Kier molecular flexibility index (Phi) is 9.03. The predicted octanol–water partition coefficient (Wildman–Crippen LogP) is 4.76. The van der Waals surface area contributed by atoms with Gasteiger partial charge in [-0.2, -0.15) is 0 Å². The van der Waals surface area contributed by atoms with Gasteiger partial charge in [-0.3, -0.25) is 16.1 Å². The Balaban J connectivity index is 1.35. The number of nitrogens with one attached hydrogen (secondary N) is 2. The number of hydrogen-bond acceptors (Lipinski definition) is 7. The highest BCUT2D eigenvalue weighted by molar-refractivity contribution is 7.12. The second-order valence-electron chi connectivity index (χ2n) is 7.23. The number of aryl methyl sites for hydroxylation is 1. The summed E-state index contributed by atoms with van der Waals surface area (Å²) in [7, 11) is 0. The molecule has 1 heterocycles. The molecule has 0 atom stereocenters. The smallest absolute Gasteiger partial charge is 0.149 e. The first-order chi connectivity index (χ1) is 15.6. The summed E-state index contributed by atoms with van der Waals surface area (Å²) in [4.78, 5) is 5.92. The van der Waals surface area contributed by atoms with E-state index in [1.54, 1.807) is 35.6 Å². The zero-order valence-corrected chi connectivity index (χ0v) is 19.1. The average molecular weight is 455 g/mol. The van der Waals surface area contributed by atoms with E-state index >= 15 is 0 Å². The van der Waals surface area contributed by atoms with E-state index in [1.165, 1.54) is 4.88 Å². The number of thiazole rings is 1. The fourth-order valence-electron chi connectivity index (χ4n) is 3.21. The normalized spacial score (nSPS) is 10.7. The van der Waals surface area contributed by atoms with E-state index in [0.29, 0.717) is 25.3 Å². The zero-order chi connectivity index (χ0) is 22.8. The third-order valence-electron chi connectivity index (χ3n) is 4.95. The van der Waals surface area contributed by atoms with Crippen LogP contribution in [0.4, 0.5) is 0 Å². The van der Waals surface area contributed by atoms with E-state index < -0.39 is 0 Å². The molecule has 5 N–H and O–H groups in total. The van der Waals surface area contributed by atoms with Crippen molar-refractivity contribution in [3.05, 3.63) is 64.0 Å². The molecule has 3 rings (SSSR count). The highest BCUT2D eigenvalue weighted by Gasteiger charge is 2.11. The van der Waals surface area contributed by atoms with E-state index in [-0.39, 0.29) is 5.84 Å². The maximum absolute atomic E-state index is 8.74. The van der Waals surface area contributed by atoms with Crippen LogP contribution in [0.1, 0.15) is 41.6 Å². The van der Waals surface area contributed by atoms with Gasteiger partial charge in [0.15, 0.2) is 0 Å². The van der Waals surface area contributed by atoms with Crippen LogP contribution in [0.5, 0.6) is 11.5 Å². The molecular weight excluding hydrogens is 424 g/mol. The summed E-state index contributed by atoms with van der Waals surface area (Å²) in [6.07, 6.45) is 3.85. The molecule has 0 fully saturated rings. The van der Waals surface area contributed by atoms with Gasteiger partial charge in [-0.25, -0.2) is 4.98 Å². The molecule has 1 aromatic heterocycles. The predicted molar refractivity (Wildman–Crippen MR) is 128 cm³/mol. The summed E-state index contributed by atoms with van der Waals surface area (Å²) in [5.74, 6) is 1.57. The summed E-state index contributed by atoms with van der Waals surface area (Å²) >= 11 is 1.69. The minimum Gasteiger partial charge on any atom is -0.494 e. The summed E-state index contributed by atoms with van der Waals surface area (Å²) in [5, 5.41) is 17.2. The molecule has 0 aliphatic rings. The first kappa shape index (κ1) is 23.7. The van der Waals surface area contributed by atoms with E-state index in [2.05, 4.69) is 24.0 Å². The standard InChI is InChI=1S/C24H30N4O3S/c1-2-21-23(27-22(16-25)32-21)17-6-10-19(11-7-17)30-14-4-3-5-15-31-20-12-8-18(9-13-20)24(26)28-29/h6-13,29H,2-5,14-16,25H2,1H3,(H2,26,28). The van der Waals surface area contributed by atoms with Gasteiger partial charge >= 0.3 is 0 Å². The number of aromatic nitrogens is 1. The highest BCUT2D eigenvalue weighted by Crippen LogP contribution is 2.30. The molecule has 0 aliphatic heterocycles. The number of ether oxygens (including phenoxy) is 2. The SMILES string of the molecule is CCc1sc(CN)nc1-c1ccc(OCCCCCOc2ccc(C(=N)NO)cc2)cc1. The Morgan fingerprint density at radius 3 is 2.12 bits per heavy atom. The number of hydroxylamine groups is 1. The van der Waals surface area contributed by atoms with Crippen molar-refractivity contribution in [1.82, 2.24) is 10.5 Å². The lowest BCUT2D eigenvalue weighted by Gasteiger charge is -2.09. The molecule has 0 saturated carbocycles. The van der Waals surface area contributed by atoms with Crippen LogP contribution in [-0.2, 0) is 13.0 Å². The lowest BCUT2D eigenvalue weighted by atomic mass is 10.1. The van der Waals surface area contributed by atoms with Crippen molar-refractivity contribution in [2.24, 2.45) is 5.73 Å². The topological polar surface area (TPSA) is 113 Å². The molecule has 0 aliphatic carbocycles. The van der Waals surface area contributed by atoms with Crippen LogP contribution >= 0.6 is 11.3 Å². The van der Waals surface area contributed by atoms with Crippen LogP contribution < -0.4 is 20.7 Å². The van der Waals surface area contributed by atoms with E-state index in [9.17, 15) is 0 Å². The van der Waals surface area contributed by atoms with Crippen molar-refractivity contribution in [2.45, 2.75) is 39.2 Å². The number of amidine groups is 1. The van der Waals surface area contributed by atoms with Crippen molar-refractivity contribution in [1.29, 1.82) is 5.41 Å². The Bertz CT molecular complexity index is 987. The Labute approximate surface area is 192 Å². The van der Waals surface area contributed by atoms with Gasteiger partial charge in [-0.1, -0.05) is 6.92 Å². The van der Waals surface area contributed by atoms with Gasteiger partial charge in [0, 0.05) is 22.5 Å². The van der Waals surface area contributed by atoms with Crippen molar-refractivity contribution >= 4 is 17.2 Å². The second-order valence-corrected chi connectivity index (χ2v) is 8.40. The summed E-state index contributed by atoms with van der Waals surface area (Å²) < 4.78 is 11.6. The van der Waals surface area contributed by atoms with Gasteiger partial charge in [0.05, 0.1) is 18.9 Å². The molecule has 8 heteroatoms. The fraction of sp³-hybridized carbons (Fsp3) is 0.333. The van der Waals surface area contributed by atoms with Gasteiger partial charge in [0.1, 0.15) is 22.3 Å². The van der Waals surface area contributed by atoms with Crippen LogP contribution in [0.25, 0.3) is 11.3 Å². The maximum Gasteiger partial charge on any atom is 0.149 e. The van der Waals surface area contributed by atoms with Crippen molar-refractivity contribution in [3.8, 4) is 22.8 Å². The Morgan fingerprint density at radius 2 is 1.59 bits per heavy atom. The molecule has 7 nitrogen and oxygen atoms in total. The van der Waals surface area contributed by atoms with Crippen LogP contribution in [0.15, 0.2) is 48.5 Å². The number of hydrogen-bond donors (Lipinski definition) is 4. The maximum atomic E-state index is 8.74. The number of rotatable bonds is 12. The molecule has 0 unspecified atom stereocenters. The molecule has 0 bridgehead atoms. The molecule has 0 saturated heterocycles. The molecule has 2 aromatic carbocycles. The van der Waals surface area contributed by atoms with E-state index in [4.69, 9.17) is 25.8 Å². The minimum atomic E-state index is -0.0410. The van der Waals surface area contributed by atoms with Crippen molar-refractivity contribution < 1.29 is 14.7 Å². The number of nitrogens with zero attached hydrogens (tertiary/aromatic N) is 1. The zero-order valence-electron chi connectivity index (χ0n) is 18.3. The molecule has 0 radical (unpaired) electrons. The van der Waals surface area contributed by atoms with E-state index in [0.717, 1.165) is 53.4 Å². The van der Waals surface area contributed by atoms with Gasteiger partial charge < -0.3 is 15.2 Å². The van der Waals surface area contributed by atoms with Gasteiger partial charge in [-0.05, 0) is 74.2 Å². The summed E-state index contributed by atoms with van der Waals surface area (Å²) in [5.41, 5.74) is 10.3. The third-order valence-corrected chi connectivity index (χ3v) is 6.17. The largest absolute Gasteiger partial charge is 0.494 e. The van der Waals surface area contributed by atoms with Crippen molar-refractivity contribution in [3.63, 3.8) is 0 Å². The van der Waals surface area contributed by atoms with Crippen LogP contribution in [0.3, 0.4) is 0 Å². The number of unbranched alkanes of at least 4 members (excludes halogenated alkanes) is 2. The Morgan fingerprint density at radius 1 is 1.00 bits per heavy atom. The lowest BCUT2D eigenvalue weighted by molar-refractivity contribution is 0.234. The van der Waals surface area contributed by atoms with Gasteiger partial charge in [-0.15, -0.1) is 11.3 Å². The minimum absolute atomic E-state index is 0.0410. The third kappa shape index (κ3) is 6.53. The van der Waals surface area contributed by atoms with E-state index in [1.807, 2.05) is 17.6 Å². The quantitative estimate of drug-likeness (QED) is 0.136. The Hall–Kier alpha value is -2.94. The second kappa shape index (κ2) is 12.2. The highest BCUT2D eigenvalue weighted by atomic mass is 32.1. The van der Waals surface area contributed by atoms with Crippen LogP contribution in [-0.4, -0.2) is 29.2 Å². The average Bonchev–Trinajstić information content (AvgIpc) is 3.27. The molecule has 32 heavy (non-hydrogen) atoms. The van der Waals surface area contributed by atoms with Gasteiger partial charge in [0.25, 0.3) is 0 Å². The first-order valence-electron chi connectivity index (χ1n) is 10.8. The molecule has 3 aromatic rings. The molecule has 170 valence electrons. The fourth-order valence-corrected chi connectivity index (χ4v) is 4.11.